The minimum absolute atomic E-state index is 0.0526. The molecule has 0 radical (unpaired) electrons. The second kappa shape index (κ2) is 10.9. The average Bonchev–Trinajstić information content (AvgIpc) is 2.77. The zero-order valence-electron chi connectivity index (χ0n) is 20.7. The lowest BCUT2D eigenvalue weighted by Crippen LogP contribution is -2.45. The molecule has 37 heavy (non-hydrogen) atoms. The van der Waals surface area contributed by atoms with E-state index < -0.39 is 32.0 Å². The van der Waals surface area contributed by atoms with E-state index in [1.165, 1.54) is 56.5 Å². The minimum atomic E-state index is -3.99. The fourth-order valence-corrected chi connectivity index (χ4v) is 5.88. The van der Waals surface area contributed by atoms with Gasteiger partial charge in [-0.25, -0.2) is 31.5 Å². The molecule has 1 aromatic heterocycles. The quantitative estimate of drug-likeness (QED) is 0.400. The van der Waals surface area contributed by atoms with Gasteiger partial charge >= 0.3 is 0 Å². The highest BCUT2D eigenvalue weighted by Gasteiger charge is 2.30. The van der Waals surface area contributed by atoms with Crippen molar-refractivity contribution < 1.29 is 26.4 Å². The van der Waals surface area contributed by atoms with Crippen molar-refractivity contribution in [2.24, 2.45) is 0 Å². The topological polar surface area (TPSA) is 148 Å². The summed E-state index contributed by atoms with van der Waals surface area (Å²) in [6.07, 6.45) is 0.973. The van der Waals surface area contributed by atoms with Gasteiger partial charge < -0.3 is 10.1 Å². The first-order valence-electron chi connectivity index (χ1n) is 10.8. The van der Waals surface area contributed by atoms with Gasteiger partial charge in [0, 0.05) is 17.1 Å². The van der Waals surface area contributed by atoms with Gasteiger partial charge in [-0.2, -0.15) is 0 Å². The summed E-state index contributed by atoms with van der Waals surface area (Å²) in [5.74, 6) is -0.345. The van der Waals surface area contributed by atoms with E-state index in [1.807, 2.05) is 0 Å². The number of nitrogens with zero attached hydrogens (tertiary/aromatic N) is 3. The Morgan fingerprint density at radius 1 is 1.00 bits per heavy atom. The van der Waals surface area contributed by atoms with Crippen LogP contribution in [0.3, 0.4) is 0 Å². The van der Waals surface area contributed by atoms with Crippen LogP contribution in [0.25, 0.3) is 0 Å². The number of aromatic nitrogens is 2. The number of benzene rings is 2. The molecule has 2 N–H and O–H groups in total. The molecule has 0 unspecified atom stereocenters. The molecule has 0 bridgehead atoms. The molecule has 1 atom stereocenters. The van der Waals surface area contributed by atoms with Crippen LogP contribution < -0.4 is 19.1 Å². The SMILES string of the molecule is COc1ccc(N([C@@H](C)C(=O)Nc2ccc(S(=O)(=O)Nc3nc(C)cc(C)n3)cc2)S(C)(=O)=O)cc1Cl. The number of amides is 1. The lowest BCUT2D eigenvalue weighted by Gasteiger charge is -2.28. The second-order valence-corrected chi connectivity index (χ2v) is 12.1. The van der Waals surface area contributed by atoms with E-state index in [9.17, 15) is 21.6 Å². The van der Waals surface area contributed by atoms with Gasteiger partial charge in [-0.1, -0.05) is 11.6 Å². The van der Waals surface area contributed by atoms with E-state index >= 15 is 0 Å². The molecule has 198 valence electrons. The number of rotatable bonds is 9. The van der Waals surface area contributed by atoms with E-state index in [0.29, 0.717) is 17.1 Å². The number of carbonyl (C=O) groups excluding carboxylic acids is 1. The zero-order chi connectivity index (χ0) is 27.5. The smallest absolute Gasteiger partial charge is 0.264 e. The summed E-state index contributed by atoms with van der Waals surface area (Å²) < 4.78 is 58.9. The number of halogens is 1. The first-order valence-corrected chi connectivity index (χ1v) is 14.5. The third-order valence-electron chi connectivity index (χ3n) is 5.12. The van der Waals surface area contributed by atoms with Gasteiger partial charge in [0.15, 0.2) is 0 Å². The van der Waals surface area contributed by atoms with Gasteiger partial charge in [-0.15, -0.1) is 0 Å². The van der Waals surface area contributed by atoms with Crippen molar-refractivity contribution in [1.29, 1.82) is 0 Å². The Morgan fingerprint density at radius 3 is 2.11 bits per heavy atom. The Balaban J connectivity index is 1.78. The molecule has 0 saturated heterocycles. The van der Waals surface area contributed by atoms with E-state index in [4.69, 9.17) is 16.3 Å². The molecule has 2 aromatic carbocycles. The van der Waals surface area contributed by atoms with Crippen LogP contribution in [0.15, 0.2) is 53.4 Å². The van der Waals surface area contributed by atoms with Crippen LogP contribution in [-0.2, 0) is 24.8 Å². The van der Waals surface area contributed by atoms with Crippen LogP contribution in [0.1, 0.15) is 18.3 Å². The molecule has 0 aliphatic carbocycles. The van der Waals surface area contributed by atoms with Gasteiger partial charge in [0.05, 0.1) is 29.0 Å². The van der Waals surface area contributed by atoms with Crippen LogP contribution in [-0.4, -0.2) is 52.1 Å². The van der Waals surface area contributed by atoms with Crippen LogP contribution in [0.4, 0.5) is 17.3 Å². The lowest BCUT2D eigenvalue weighted by atomic mass is 10.2. The maximum atomic E-state index is 12.9. The van der Waals surface area contributed by atoms with Crippen molar-refractivity contribution in [2.75, 3.05) is 27.7 Å². The van der Waals surface area contributed by atoms with Crippen molar-refractivity contribution >= 4 is 54.9 Å². The maximum absolute atomic E-state index is 12.9. The first-order chi connectivity index (χ1) is 17.2. The fraction of sp³-hybridized carbons (Fsp3) is 0.261. The summed E-state index contributed by atoms with van der Waals surface area (Å²) in [6, 6.07) is 10.3. The lowest BCUT2D eigenvalue weighted by molar-refractivity contribution is -0.116. The van der Waals surface area contributed by atoms with Crippen LogP contribution in [0.5, 0.6) is 5.75 Å². The maximum Gasteiger partial charge on any atom is 0.264 e. The number of sulfonamides is 2. The second-order valence-electron chi connectivity index (χ2n) is 8.15. The molecular weight excluding hydrogens is 542 g/mol. The minimum Gasteiger partial charge on any atom is -0.495 e. The van der Waals surface area contributed by atoms with Crippen LogP contribution in [0.2, 0.25) is 5.02 Å². The van der Waals surface area contributed by atoms with Crippen molar-refractivity contribution in [2.45, 2.75) is 31.7 Å². The van der Waals surface area contributed by atoms with E-state index in [2.05, 4.69) is 20.0 Å². The van der Waals surface area contributed by atoms with Gasteiger partial charge in [-0.05, 0) is 69.3 Å². The standard InChI is InChI=1S/C23H26ClN5O6S2/c1-14-12-15(2)26-23(25-14)28-37(33,34)19-9-6-17(7-10-19)27-22(30)16(3)29(36(5,31)32)18-8-11-21(35-4)20(24)13-18/h6-13,16H,1-5H3,(H,27,30)(H,25,26,28)/t16-/m0/s1. The van der Waals surface area contributed by atoms with E-state index in [1.54, 1.807) is 19.9 Å². The van der Waals surface area contributed by atoms with Gasteiger partial charge in [0.2, 0.25) is 21.9 Å². The van der Waals surface area contributed by atoms with Gasteiger partial charge in [-0.3, -0.25) is 9.10 Å². The van der Waals surface area contributed by atoms with E-state index in [-0.39, 0.29) is 27.2 Å². The van der Waals surface area contributed by atoms with Crippen molar-refractivity contribution in [3.05, 3.63) is 64.9 Å². The normalized spacial score (nSPS) is 12.5. The molecule has 1 heterocycles. The first kappa shape index (κ1) is 28.2. The summed E-state index contributed by atoms with van der Waals surface area (Å²) in [7, 11) is -6.44. The van der Waals surface area contributed by atoms with Crippen molar-refractivity contribution in [3.63, 3.8) is 0 Å². The molecular formula is C23H26ClN5O6S2. The Bertz CT molecular complexity index is 1510. The van der Waals surface area contributed by atoms with Gasteiger partial charge in [0.25, 0.3) is 10.0 Å². The third-order valence-corrected chi connectivity index (χ3v) is 8.00. The highest BCUT2D eigenvalue weighted by Crippen LogP contribution is 2.31. The molecule has 11 nitrogen and oxygen atoms in total. The molecule has 0 fully saturated rings. The van der Waals surface area contributed by atoms with Crippen molar-refractivity contribution in [1.82, 2.24) is 9.97 Å². The highest BCUT2D eigenvalue weighted by atomic mass is 35.5. The number of aryl methyl sites for hydroxylation is 2. The number of ether oxygens (including phenoxy) is 1. The predicted molar refractivity (Wildman–Crippen MR) is 142 cm³/mol. The molecule has 3 rings (SSSR count). The Morgan fingerprint density at radius 2 is 1.59 bits per heavy atom. The average molecular weight is 568 g/mol. The van der Waals surface area contributed by atoms with Gasteiger partial charge in [0.1, 0.15) is 11.8 Å². The Hall–Kier alpha value is -3.42. The van der Waals surface area contributed by atoms with Crippen molar-refractivity contribution in [3.8, 4) is 5.75 Å². The summed E-state index contributed by atoms with van der Waals surface area (Å²) >= 11 is 6.15. The number of hydrogen-bond donors (Lipinski definition) is 2. The molecule has 0 saturated carbocycles. The molecule has 0 spiro atoms. The molecule has 0 aliphatic rings. The summed E-state index contributed by atoms with van der Waals surface area (Å²) in [6.45, 7) is 4.86. The zero-order valence-corrected chi connectivity index (χ0v) is 23.1. The number of nitrogens with one attached hydrogen (secondary N) is 2. The number of anilines is 3. The molecule has 1 amide bonds. The summed E-state index contributed by atoms with van der Waals surface area (Å²) in [5, 5.41) is 2.78. The summed E-state index contributed by atoms with van der Waals surface area (Å²) in [5.41, 5.74) is 1.66. The van der Waals surface area contributed by atoms with Crippen LogP contribution >= 0.6 is 11.6 Å². The summed E-state index contributed by atoms with van der Waals surface area (Å²) in [4.78, 5) is 21.0. The predicted octanol–water partition coefficient (Wildman–Crippen LogP) is 3.35. The third kappa shape index (κ3) is 6.87. The van der Waals surface area contributed by atoms with Crippen LogP contribution in [0, 0.1) is 13.8 Å². The Kier molecular flexibility index (Phi) is 8.30. The molecule has 3 aromatic rings. The largest absolute Gasteiger partial charge is 0.495 e. The van der Waals surface area contributed by atoms with E-state index in [0.717, 1.165) is 10.6 Å². The fourth-order valence-electron chi connectivity index (χ4n) is 3.52. The molecule has 14 heteroatoms. The monoisotopic (exact) mass is 567 g/mol. The number of carbonyl (C=O) groups is 1. The Labute approximate surface area is 220 Å². The number of methoxy groups -OCH3 is 1. The highest BCUT2D eigenvalue weighted by molar-refractivity contribution is 7.92. The molecule has 0 aliphatic heterocycles. The number of hydrogen-bond acceptors (Lipinski definition) is 8.